The summed E-state index contributed by atoms with van der Waals surface area (Å²) in [7, 11) is -2.31. The van der Waals surface area contributed by atoms with Crippen LogP contribution < -0.4 is 21.5 Å². The van der Waals surface area contributed by atoms with Gasteiger partial charge in [-0.05, 0) is 56.2 Å². The van der Waals surface area contributed by atoms with Crippen molar-refractivity contribution in [2.75, 3.05) is 19.0 Å². The van der Waals surface area contributed by atoms with Gasteiger partial charge in [0.2, 0.25) is 21.8 Å². The van der Waals surface area contributed by atoms with E-state index in [0.717, 1.165) is 23.8 Å². The number of nitrogens with zero attached hydrogens (tertiary/aromatic N) is 3. The fraction of sp³-hybridized carbons (Fsp3) is 0.333. The average Bonchev–Trinajstić information content (AvgIpc) is 2.85. The lowest BCUT2D eigenvalue weighted by molar-refractivity contribution is -0.116. The van der Waals surface area contributed by atoms with E-state index in [1.165, 1.54) is 54.0 Å². The number of nitrogens with one attached hydrogen (secondary N) is 1. The van der Waals surface area contributed by atoms with Crippen molar-refractivity contribution in [1.82, 2.24) is 13.9 Å². The molecule has 1 saturated heterocycles. The van der Waals surface area contributed by atoms with E-state index in [-0.39, 0.29) is 22.2 Å². The first-order chi connectivity index (χ1) is 17.1. The predicted molar refractivity (Wildman–Crippen MR) is 133 cm³/mol. The van der Waals surface area contributed by atoms with Gasteiger partial charge in [-0.3, -0.25) is 14.2 Å². The highest BCUT2D eigenvalue weighted by Gasteiger charge is 2.31. The molecule has 11 nitrogen and oxygen atoms in total. The van der Waals surface area contributed by atoms with Crippen molar-refractivity contribution in [2.24, 2.45) is 5.73 Å². The zero-order valence-electron chi connectivity index (χ0n) is 19.9. The quantitative estimate of drug-likeness (QED) is 0.487. The summed E-state index contributed by atoms with van der Waals surface area (Å²) in [6, 6.07) is 8.64. The lowest BCUT2D eigenvalue weighted by atomic mass is 10.1. The van der Waals surface area contributed by atoms with Gasteiger partial charge >= 0.3 is 5.69 Å². The van der Waals surface area contributed by atoms with Crippen LogP contribution in [0.1, 0.15) is 36.5 Å². The number of anilines is 1. The second kappa shape index (κ2) is 10.1. The lowest BCUT2D eigenvalue weighted by Crippen LogP contribution is -2.41. The summed E-state index contributed by atoms with van der Waals surface area (Å²) in [4.78, 5) is 40.8. The maximum Gasteiger partial charge on any atom is 0.348 e. The Bertz CT molecular complexity index is 1500. The summed E-state index contributed by atoms with van der Waals surface area (Å²) in [5, 5.41) is 3.02. The molecular formula is C24H27N5O6S. The normalized spacial score (nSPS) is 16.6. The van der Waals surface area contributed by atoms with E-state index in [4.69, 9.17) is 10.5 Å². The van der Waals surface area contributed by atoms with Crippen molar-refractivity contribution in [3.8, 4) is 5.75 Å². The van der Waals surface area contributed by atoms with E-state index in [2.05, 4.69) is 10.3 Å². The topological polar surface area (TPSA) is 154 Å². The number of fused-ring (bicyclic) bond motifs is 1. The van der Waals surface area contributed by atoms with Crippen LogP contribution >= 0.6 is 0 Å². The number of carbonyl (C=O) groups is 2. The number of hydrogen-bond donors (Lipinski definition) is 2. The first-order valence-electron chi connectivity index (χ1n) is 11.4. The van der Waals surface area contributed by atoms with Crippen LogP contribution in [0.15, 0.2) is 52.3 Å². The molecule has 1 aliphatic heterocycles. The molecule has 1 fully saturated rings. The standard InChI is InChI=1S/C24H27N5O6S/c1-15-5-3-4-10-29(15)36(33,34)18-7-8-20-17(11-18)13-26-24(32)28(20)14-22(30)27-19-12-16(23(25)31)6-9-21(19)35-2/h6-9,11-13,15H,3-5,10,14H2,1-2H3,(H2,25,31)(H,27,30). The van der Waals surface area contributed by atoms with E-state index in [1.54, 1.807) is 0 Å². The Morgan fingerprint density at radius 3 is 2.67 bits per heavy atom. The summed E-state index contributed by atoms with van der Waals surface area (Å²) in [5.74, 6) is -0.948. The van der Waals surface area contributed by atoms with Crippen molar-refractivity contribution in [3.05, 3.63) is 58.6 Å². The third kappa shape index (κ3) is 4.95. The number of hydrogen-bond acceptors (Lipinski definition) is 7. The molecule has 3 N–H and O–H groups in total. The van der Waals surface area contributed by atoms with Gasteiger partial charge < -0.3 is 15.8 Å². The number of benzene rings is 2. The molecule has 2 aromatic carbocycles. The highest BCUT2D eigenvalue weighted by Crippen LogP contribution is 2.28. The summed E-state index contributed by atoms with van der Waals surface area (Å²) in [5.41, 5.74) is 5.39. The molecule has 0 radical (unpaired) electrons. The molecule has 190 valence electrons. The minimum Gasteiger partial charge on any atom is -0.495 e. The Balaban J connectivity index is 1.64. The first kappa shape index (κ1) is 25.3. The highest BCUT2D eigenvalue weighted by molar-refractivity contribution is 7.89. The second-order valence-electron chi connectivity index (χ2n) is 8.64. The molecule has 0 aliphatic carbocycles. The third-order valence-corrected chi connectivity index (χ3v) is 8.25. The van der Waals surface area contributed by atoms with E-state index >= 15 is 0 Å². The summed E-state index contributed by atoms with van der Waals surface area (Å²) in [6.07, 6.45) is 3.89. The van der Waals surface area contributed by atoms with Crippen LogP contribution in [0.25, 0.3) is 10.9 Å². The van der Waals surface area contributed by atoms with Crippen LogP contribution in [0.2, 0.25) is 0 Å². The Hall–Kier alpha value is -3.77. The number of amides is 2. The predicted octanol–water partition coefficient (Wildman–Crippen LogP) is 1.71. The fourth-order valence-electron chi connectivity index (χ4n) is 4.35. The fourth-order valence-corrected chi connectivity index (χ4v) is 6.08. The number of methoxy groups -OCH3 is 1. The molecule has 3 aromatic rings. The van der Waals surface area contributed by atoms with E-state index in [1.807, 2.05) is 6.92 Å². The van der Waals surface area contributed by atoms with Gasteiger partial charge in [0.15, 0.2) is 0 Å². The molecule has 1 aliphatic rings. The summed E-state index contributed by atoms with van der Waals surface area (Å²) >= 11 is 0. The molecule has 1 unspecified atom stereocenters. The molecule has 0 saturated carbocycles. The monoisotopic (exact) mass is 513 g/mol. The van der Waals surface area contributed by atoms with Gasteiger partial charge in [-0.15, -0.1) is 0 Å². The van der Waals surface area contributed by atoms with Gasteiger partial charge in [-0.2, -0.15) is 4.31 Å². The Labute approximate surface area is 207 Å². The number of nitrogens with two attached hydrogens (primary N) is 1. The minimum atomic E-state index is -3.72. The number of carbonyl (C=O) groups excluding carboxylic acids is 2. The van der Waals surface area contributed by atoms with Crippen LogP contribution in [0.3, 0.4) is 0 Å². The summed E-state index contributed by atoms with van der Waals surface area (Å²) < 4.78 is 34.3. The summed E-state index contributed by atoms with van der Waals surface area (Å²) in [6.45, 7) is 1.95. The zero-order chi connectivity index (χ0) is 26.0. The number of primary amides is 1. The maximum absolute atomic E-state index is 13.2. The molecule has 2 amide bonds. The van der Waals surface area contributed by atoms with Gasteiger partial charge in [-0.25, -0.2) is 18.2 Å². The van der Waals surface area contributed by atoms with Crippen LogP contribution in [-0.4, -0.2) is 53.8 Å². The molecule has 2 heterocycles. The van der Waals surface area contributed by atoms with E-state index < -0.39 is 34.1 Å². The molecule has 1 atom stereocenters. The molecule has 0 bridgehead atoms. The van der Waals surface area contributed by atoms with Crippen LogP contribution in [0, 0.1) is 0 Å². The van der Waals surface area contributed by atoms with Crippen LogP contribution in [-0.2, 0) is 21.4 Å². The van der Waals surface area contributed by atoms with Crippen LogP contribution in [0.4, 0.5) is 5.69 Å². The zero-order valence-corrected chi connectivity index (χ0v) is 20.7. The van der Waals surface area contributed by atoms with Crippen molar-refractivity contribution in [3.63, 3.8) is 0 Å². The number of rotatable bonds is 7. The molecule has 12 heteroatoms. The first-order valence-corrected chi connectivity index (χ1v) is 12.8. The van der Waals surface area contributed by atoms with Gasteiger partial charge in [-0.1, -0.05) is 6.42 Å². The van der Waals surface area contributed by atoms with Gasteiger partial charge in [0.05, 0.1) is 23.2 Å². The van der Waals surface area contributed by atoms with Gasteiger partial charge in [0, 0.05) is 29.7 Å². The molecular weight excluding hydrogens is 486 g/mol. The number of piperidine rings is 1. The van der Waals surface area contributed by atoms with Crippen molar-refractivity contribution >= 4 is 38.4 Å². The largest absolute Gasteiger partial charge is 0.495 e. The van der Waals surface area contributed by atoms with Crippen molar-refractivity contribution in [1.29, 1.82) is 0 Å². The molecule has 1 aromatic heterocycles. The number of sulfonamides is 1. The van der Waals surface area contributed by atoms with E-state index in [0.29, 0.717) is 23.2 Å². The Morgan fingerprint density at radius 1 is 1.19 bits per heavy atom. The Morgan fingerprint density at radius 2 is 1.97 bits per heavy atom. The SMILES string of the molecule is COc1ccc(C(N)=O)cc1NC(=O)Cn1c(=O)ncc2cc(S(=O)(=O)N3CCCCC3C)ccc21. The van der Waals surface area contributed by atoms with Gasteiger partial charge in [0.1, 0.15) is 12.3 Å². The molecule has 36 heavy (non-hydrogen) atoms. The van der Waals surface area contributed by atoms with Crippen molar-refractivity contribution < 1.29 is 22.7 Å². The second-order valence-corrected chi connectivity index (χ2v) is 10.5. The Kier molecular flexibility index (Phi) is 7.09. The van der Waals surface area contributed by atoms with E-state index in [9.17, 15) is 22.8 Å². The number of aromatic nitrogens is 2. The highest BCUT2D eigenvalue weighted by atomic mass is 32.2. The lowest BCUT2D eigenvalue weighted by Gasteiger charge is -2.32. The smallest absolute Gasteiger partial charge is 0.348 e. The van der Waals surface area contributed by atoms with Gasteiger partial charge in [0.25, 0.3) is 0 Å². The van der Waals surface area contributed by atoms with Crippen LogP contribution in [0.5, 0.6) is 5.75 Å². The maximum atomic E-state index is 13.2. The van der Waals surface area contributed by atoms with Crippen molar-refractivity contribution in [2.45, 2.75) is 43.7 Å². The third-order valence-electron chi connectivity index (χ3n) is 6.24. The number of ether oxygens (including phenoxy) is 1. The molecule has 4 rings (SSSR count). The molecule has 0 spiro atoms. The average molecular weight is 514 g/mol. The minimum absolute atomic E-state index is 0.0970.